The fraction of sp³-hybridized carbons (Fsp3) is 0.0219. The van der Waals surface area contributed by atoms with Gasteiger partial charge in [-0.25, -0.2) is 0 Å². The second-order valence-corrected chi connectivity index (χ2v) is 37.1. The molecule has 0 aromatic heterocycles. The highest BCUT2D eigenvalue weighted by Gasteiger charge is 2.36. The van der Waals surface area contributed by atoms with Crippen LogP contribution in [0.25, 0.3) is 252 Å². The zero-order chi connectivity index (χ0) is 91.0. The molecular formula is C137H92. The van der Waals surface area contributed by atoms with Crippen molar-refractivity contribution in [1.82, 2.24) is 0 Å². The first-order valence-corrected chi connectivity index (χ1v) is 47.7. The van der Waals surface area contributed by atoms with E-state index in [1.165, 1.54) is 263 Å². The second-order valence-electron chi connectivity index (χ2n) is 37.1. The van der Waals surface area contributed by atoms with Gasteiger partial charge in [-0.3, -0.25) is 0 Å². The van der Waals surface area contributed by atoms with Gasteiger partial charge in [-0.1, -0.05) is 493 Å². The minimum Gasteiger partial charge on any atom is -0.0622 e. The Bertz CT molecular complexity index is 9250. The van der Waals surface area contributed by atoms with Crippen LogP contribution in [0.15, 0.2) is 522 Å². The summed E-state index contributed by atoms with van der Waals surface area (Å²) in [6.07, 6.45) is 0. The van der Waals surface area contributed by atoms with Crippen molar-refractivity contribution in [2.45, 2.75) is 19.3 Å². The number of hydrogen-bond donors (Lipinski definition) is 0. The van der Waals surface area contributed by atoms with Gasteiger partial charge in [0.2, 0.25) is 0 Å². The molecule has 0 N–H and O–H groups in total. The van der Waals surface area contributed by atoms with Crippen LogP contribution >= 0.6 is 0 Å². The monoisotopic (exact) mass is 1740 g/mol. The van der Waals surface area contributed by atoms with Gasteiger partial charge < -0.3 is 0 Å². The molecule has 26 aromatic rings. The van der Waals surface area contributed by atoms with Crippen molar-refractivity contribution in [2.75, 3.05) is 0 Å². The molecule has 1 aliphatic rings. The van der Waals surface area contributed by atoms with Crippen molar-refractivity contribution in [1.29, 1.82) is 0 Å². The Morgan fingerprint density at radius 1 is 0.109 bits per heavy atom. The lowest BCUT2D eigenvalue weighted by molar-refractivity contribution is 0.660. The van der Waals surface area contributed by atoms with E-state index in [1.54, 1.807) is 0 Å². The van der Waals surface area contributed by atoms with Crippen LogP contribution in [-0.2, 0) is 5.41 Å². The third-order valence-electron chi connectivity index (χ3n) is 28.9. The number of hydrogen-bond acceptors (Lipinski definition) is 0. The van der Waals surface area contributed by atoms with Gasteiger partial charge in [0, 0.05) is 5.41 Å². The van der Waals surface area contributed by atoms with E-state index in [0.717, 1.165) is 0 Å². The molecule has 0 aliphatic heterocycles. The van der Waals surface area contributed by atoms with Crippen molar-refractivity contribution < 1.29 is 0 Å². The van der Waals surface area contributed by atoms with Gasteiger partial charge in [-0.2, -0.15) is 0 Å². The Labute approximate surface area is 798 Å². The van der Waals surface area contributed by atoms with Gasteiger partial charge in [0.25, 0.3) is 0 Å². The zero-order valence-corrected chi connectivity index (χ0v) is 76.2. The molecule has 0 heteroatoms. The van der Waals surface area contributed by atoms with Crippen LogP contribution in [0.1, 0.15) is 25.0 Å². The van der Waals surface area contributed by atoms with Gasteiger partial charge in [0.1, 0.15) is 0 Å². The molecule has 0 saturated heterocycles. The molecular weight excluding hydrogens is 1650 g/mol. The highest BCUT2D eigenvalue weighted by molar-refractivity contribution is 6.26. The highest BCUT2D eigenvalue weighted by atomic mass is 14.4. The fourth-order valence-electron chi connectivity index (χ4n) is 22.3. The van der Waals surface area contributed by atoms with E-state index in [4.69, 9.17) is 0 Å². The molecule has 0 fully saturated rings. The molecule has 0 amide bonds. The first-order chi connectivity index (χ1) is 67.7. The van der Waals surface area contributed by atoms with Crippen molar-refractivity contribution >= 4 is 118 Å². The van der Waals surface area contributed by atoms with E-state index in [2.05, 4.69) is 536 Å². The maximum absolute atomic E-state index is 2.45. The summed E-state index contributed by atoms with van der Waals surface area (Å²) >= 11 is 0. The van der Waals surface area contributed by atoms with Crippen molar-refractivity contribution in [2.24, 2.45) is 0 Å². The average Bonchev–Trinajstić information content (AvgIpc) is 1.57. The molecule has 0 nitrogen and oxygen atoms in total. The van der Waals surface area contributed by atoms with Crippen molar-refractivity contribution in [3.63, 3.8) is 0 Å². The van der Waals surface area contributed by atoms with Crippen LogP contribution < -0.4 is 0 Å². The Kier molecular flexibility index (Phi) is 20.4. The van der Waals surface area contributed by atoms with Crippen LogP contribution in [-0.4, -0.2) is 0 Å². The first kappa shape index (κ1) is 81.6. The summed E-state index contributed by atoms with van der Waals surface area (Å²) < 4.78 is 0. The molecule has 0 heterocycles. The van der Waals surface area contributed by atoms with Crippen molar-refractivity contribution in [3.05, 3.63) is 533 Å². The molecule has 0 bridgehead atoms. The molecule has 640 valence electrons. The molecule has 137 heavy (non-hydrogen) atoms. The Balaban J connectivity index is 0.000000110. The number of fused-ring (bicyclic) bond motifs is 14. The van der Waals surface area contributed by atoms with E-state index < -0.39 is 0 Å². The molecule has 26 aromatic carbocycles. The third kappa shape index (κ3) is 14.6. The van der Waals surface area contributed by atoms with Crippen LogP contribution in [0.4, 0.5) is 0 Å². The van der Waals surface area contributed by atoms with E-state index in [0.29, 0.717) is 0 Å². The minimum absolute atomic E-state index is 0.0471. The lowest BCUT2D eigenvalue weighted by Crippen LogP contribution is -2.14. The van der Waals surface area contributed by atoms with E-state index in [1.807, 2.05) is 0 Å². The Hall–Kier alpha value is -17.4. The molecule has 0 spiro atoms. The molecule has 0 radical (unpaired) electrons. The second kappa shape index (κ2) is 34.3. The van der Waals surface area contributed by atoms with E-state index in [9.17, 15) is 0 Å². The third-order valence-corrected chi connectivity index (χ3v) is 28.9. The highest BCUT2D eigenvalue weighted by Crippen LogP contribution is 2.54. The van der Waals surface area contributed by atoms with E-state index in [-0.39, 0.29) is 5.41 Å². The summed E-state index contributed by atoms with van der Waals surface area (Å²) in [5.74, 6) is 0. The summed E-state index contributed by atoms with van der Waals surface area (Å²) in [6, 6.07) is 192. The van der Waals surface area contributed by atoms with Gasteiger partial charge in [0.15, 0.2) is 0 Å². The standard InChI is InChI=1S/C50H32.C49H34.C38H26/c1-2-14-38-31-40(28-23-33(38)11-1)50-46-20-8-7-19-45(46)49(37-26-24-36(25-27-37)43-21-9-15-34-12-3-5-17-41(34)43)48-32-39(29-30-47(48)50)44-22-10-16-35-13-4-6-18-42(35)44;1-49(2)45-18-10-9-15-39(45)40-25-23-36(30-46(40)49)35-24-26-43-44(29-35)48(38-22-20-32-12-4-6-14-34(32)28-38)42-17-8-7-16-41(42)47(43)37-21-19-31-11-3-5-13-33(31)27-37;1-4-12-27(13-5-1)29-20-22-31(23-21-29)38-34-19-11-10-18-33(34)37(30-16-8-3-9-17-30)35-25-24-32(26-36(35)38)28-14-6-2-7-15-28/h1-32H;3-30H,1-2H3;1-26H. The summed E-state index contributed by atoms with van der Waals surface area (Å²) in [7, 11) is 0. The molecule has 27 rings (SSSR count). The smallest absolute Gasteiger partial charge is 0.0159 e. The maximum Gasteiger partial charge on any atom is 0.0159 e. The maximum atomic E-state index is 2.45. The molecule has 0 unspecified atom stereocenters. The van der Waals surface area contributed by atoms with Crippen LogP contribution in [0.5, 0.6) is 0 Å². The average molecular weight is 1740 g/mol. The normalized spacial score (nSPS) is 12.1. The minimum atomic E-state index is -0.0471. The molecule has 1 aliphatic carbocycles. The Morgan fingerprint density at radius 2 is 0.350 bits per heavy atom. The molecule has 0 saturated carbocycles. The largest absolute Gasteiger partial charge is 0.0622 e. The van der Waals surface area contributed by atoms with Crippen molar-refractivity contribution in [3.8, 4) is 134 Å². The molecule has 0 atom stereocenters. The summed E-state index contributed by atoms with van der Waals surface area (Å²) in [6.45, 7) is 4.73. The van der Waals surface area contributed by atoms with Crippen LogP contribution in [0.3, 0.4) is 0 Å². The van der Waals surface area contributed by atoms with E-state index >= 15 is 0 Å². The zero-order valence-electron chi connectivity index (χ0n) is 76.2. The summed E-state index contributed by atoms with van der Waals surface area (Å²) in [4.78, 5) is 0. The van der Waals surface area contributed by atoms with Gasteiger partial charge in [-0.15, -0.1) is 0 Å². The lowest BCUT2D eigenvalue weighted by Gasteiger charge is -2.22. The van der Waals surface area contributed by atoms with Gasteiger partial charge in [-0.05, 0) is 306 Å². The summed E-state index contributed by atoms with van der Waals surface area (Å²) in [5, 5.41) is 27.9. The Morgan fingerprint density at radius 3 is 0.796 bits per heavy atom. The van der Waals surface area contributed by atoms with Gasteiger partial charge in [0.05, 0.1) is 0 Å². The predicted molar refractivity (Wildman–Crippen MR) is 589 cm³/mol. The first-order valence-electron chi connectivity index (χ1n) is 47.7. The fourth-order valence-corrected chi connectivity index (χ4v) is 22.3. The topological polar surface area (TPSA) is 0 Å². The number of rotatable bonds is 11. The quantitative estimate of drug-likeness (QED) is 0.113. The van der Waals surface area contributed by atoms with Crippen LogP contribution in [0.2, 0.25) is 0 Å². The lowest BCUT2D eigenvalue weighted by atomic mass is 9.81. The SMILES string of the molecule is CC1(C)c2ccccc2-c2ccc(-c3ccc4c(-c5ccc6ccccc6c5)c5ccccc5c(-c5ccc6ccccc6c5)c4c3)cc21.c1ccc(-c2ccc(-c3c4ccccc4c(-c4ccccc4)c4ccc(-c5ccccc5)cc34)cc2)cc1.c1ccc2cc(-c3c4ccccc4c(-c4ccc(-c5cccc6ccccc56)cc4)c4cc(-c5cccc6ccccc56)ccc34)ccc2c1. The predicted octanol–water partition coefficient (Wildman–Crippen LogP) is 38.4. The number of benzene rings is 26. The van der Waals surface area contributed by atoms with Gasteiger partial charge >= 0.3 is 0 Å². The summed E-state index contributed by atoms with van der Waals surface area (Å²) in [5.41, 5.74) is 33.0. The van der Waals surface area contributed by atoms with Crippen LogP contribution in [0, 0.1) is 0 Å².